The minimum atomic E-state index is -1.01. The van der Waals surface area contributed by atoms with Crippen molar-refractivity contribution in [1.82, 2.24) is 15.3 Å². The second-order valence-electron chi connectivity index (χ2n) is 3.43. The van der Waals surface area contributed by atoms with Crippen LogP contribution < -0.4 is 5.32 Å². The summed E-state index contributed by atoms with van der Waals surface area (Å²) in [7, 11) is 1.86. The Morgan fingerprint density at radius 2 is 2.20 bits per heavy atom. The van der Waals surface area contributed by atoms with E-state index in [1.165, 1.54) is 12.4 Å². The molecular weight excluding hydrogens is 218 g/mol. The van der Waals surface area contributed by atoms with Crippen molar-refractivity contribution in [2.75, 3.05) is 7.05 Å². The zero-order chi connectivity index (χ0) is 10.2. The predicted molar refractivity (Wildman–Crippen MR) is 56.2 cm³/mol. The third kappa shape index (κ3) is 2.08. The van der Waals surface area contributed by atoms with Gasteiger partial charge in [-0.05, 0) is 26.0 Å². The average Bonchev–Trinajstić information content (AvgIpc) is 2.98. The van der Waals surface area contributed by atoms with Crippen LogP contribution in [0, 0.1) is 0 Å². The normalized spacial score (nSPS) is 16.6. The lowest BCUT2D eigenvalue weighted by Gasteiger charge is -2.12. The van der Waals surface area contributed by atoms with Gasteiger partial charge in [-0.2, -0.15) is 0 Å². The SMILES string of the molecule is CNC1(c2cc(C(=O)O)ncn2)CC1.Cl. The van der Waals surface area contributed by atoms with Crippen molar-refractivity contribution in [2.45, 2.75) is 18.4 Å². The molecule has 1 aliphatic rings. The fraction of sp³-hybridized carbons (Fsp3) is 0.444. The maximum atomic E-state index is 10.7. The highest BCUT2D eigenvalue weighted by atomic mass is 35.5. The van der Waals surface area contributed by atoms with E-state index in [1.807, 2.05) is 7.05 Å². The van der Waals surface area contributed by atoms with Gasteiger partial charge >= 0.3 is 5.97 Å². The summed E-state index contributed by atoms with van der Waals surface area (Å²) < 4.78 is 0. The number of aromatic carboxylic acids is 1. The summed E-state index contributed by atoms with van der Waals surface area (Å²) >= 11 is 0. The molecular formula is C9H12ClN3O2. The van der Waals surface area contributed by atoms with Crippen LogP contribution in [0.4, 0.5) is 0 Å². The fourth-order valence-corrected chi connectivity index (χ4v) is 1.50. The summed E-state index contributed by atoms with van der Waals surface area (Å²) in [6.45, 7) is 0. The van der Waals surface area contributed by atoms with Crippen molar-refractivity contribution in [3.8, 4) is 0 Å². The van der Waals surface area contributed by atoms with E-state index in [4.69, 9.17) is 5.11 Å². The first-order chi connectivity index (χ1) is 6.68. The quantitative estimate of drug-likeness (QED) is 0.802. The average molecular weight is 230 g/mol. The lowest BCUT2D eigenvalue weighted by atomic mass is 10.1. The standard InChI is InChI=1S/C9H11N3O2.ClH/c1-10-9(2-3-9)7-4-6(8(13)14)11-5-12-7;/h4-5,10H,2-3H2,1H3,(H,13,14);1H. The van der Waals surface area contributed by atoms with Gasteiger partial charge in [-0.15, -0.1) is 12.4 Å². The van der Waals surface area contributed by atoms with E-state index in [0.717, 1.165) is 18.5 Å². The van der Waals surface area contributed by atoms with Crippen LogP contribution in [0.3, 0.4) is 0 Å². The molecule has 0 aromatic carbocycles. The molecule has 82 valence electrons. The van der Waals surface area contributed by atoms with Gasteiger partial charge in [0, 0.05) is 0 Å². The minimum absolute atomic E-state index is 0. The number of rotatable bonds is 3. The number of hydrogen-bond acceptors (Lipinski definition) is 4. The topological polar surface area (TPSA) is 75.1 Å². The molecule has 1 aliphatic carbocycles. The van der Waals surface area contributed by atoms with E-state index in [0.29, 0.717) is 0 Å². The van der Waals surface area contributed by atoms with E-state index in [1.54, 1.807) is 0 Å². The summed E-state index contributed by atoms with van der Waals surface area (Å²) in [4.78, 5) is 18.4. The van der Waals surface area contributed by atoms with Gasteiger partial charge in [0.2, 0.25) is 0 Å². The van der Waals surface area contributed by atoms with Crippen molar-refractivity contribution in [1.29, 1.82) is 0 Å². The highest BCUT2D eigenvalue weighted by Gasteiger charge is 2.44. The summed E-state index contributed by atoms with van der Waals surface area (Å²) in [5.74, 6) is -1.01. The molecule has 2 rings (SSSR count). The van der Waals surface area contributed by atoms with Crippen LogP contribution in [0.2, 0.25) is 0 Å². The van der Waals surface area contributed by atoms with Crippen LogP contribution in [0.5, 0.6) is 0 Å². The van der Waals surface area contributed by atoms with Crippen molar-refractivity contribution >= 4 is 18.4 Å². The van der Waals surface area contributed by atoms with Gasteiger partial charge in [0.25, 0.3) is 0 Å². The molecule has 0 aliphatic heterocycles. The molecule has 1 aromatic heterocycles. The lowest BCUT2D eigenvalue weighted by molar-refractivity contribution is 0.0690. The van der Waals surface area contributed by atoms with Crippen molar-refractivity contribution < 1.29 is 9.90 Å². The van der Waals surface area contributed by atoms with E-state index in [9.17, 15) is 4.79 Å². The van der Waals surface area contributed by atoms with Gasteiger partial charge < -0.3 is 10.4 Å². The first-order valence-electron chi connectivity index (χ1n) is 4.43. The van der Waals surface area contributed by atoms with Crippen LogP contribution in [-0.4, -0.2) is 28.1 Å². The maximum absolute atomic E-state index is 10.7. The van der Waals surface area contributed by atoms with Crippen LogP contribution in [0.15, 0.2) is 12.4 Å². The first-order valence-corrected chi connectivity index (χ1v) is 4.43. The van der Waals surface area contributed by atoms with E-state index in [2.05, 4.69) is 15.3 Å². The van der Waals surface area contributed by atoms with Gasteiger partial charge in [0.1, 0.15) is 6.33 Å². The molecule has 1 fully saturated rings. The molecule has 1 heterocycles. The number of carbonyl (C=O) groups is 1. The molecule has 0 unspecified atom stereocenters. The molecule has 2 N–H and O–H groups in total. The highest BCUT2D eigenvalue weighted by molar-refractivity contribution is 5.85. The molecule has 0 amide bonds. The Morgan fingerprint density at radius 3 is 2.67 bits per heavy atom. The maximum Gasteiger partial charge on any atom is 0.354 e. The second-order valence-corrected chi connectivity index (χ2v) is 3.43. The smallest absolute Gasteiger partial charge is 0.354 e. The third-order valence-corrected chi connectivity index (χ3v) is 2.61. The molecule has 0 spiro atoms. The molecule has 0 saturated heterocycles. The molecule has 5 nitrogen and oxygen atoms in total. The minimum Gasteiger partial charge on any atom is -0.477 e. The second kappa shape index (κ2) is 4.12. The van der Waals surface area contributed by atoms with E-state index in [-0.39, 0.29) is 23.6 Å². The van der Waals surface area contributed by atoms with Crippen LogP contribution >= 0.6 is 12.4 Å². The lowest BCUT2D eigenvalue weighted by Crippen LogP contribution is -2.26. The number of carboxylic acid groups (broad SMARTS) is 1. The molecule has 0 radical (unpaired) electrons. The Labute approximate surface area is 93.3 Å². The summed E-state index contributed by atoms with van der Waals surface area (Å²) in [6.07, 6.45) is 3.30. The molecule has 0 bridgehead atoms. The largest absolute Gasteiger partial charge is 0.477 e. The Hall–Kier alpha value is -1.20. The highest BCUT2D eigenvalue weighted by Crippen LogP contribution is 2.43. The van der Waals surface area contributed by atoms with Crippen LogP contribution in [-0.2, 0) is 5.54 Å². The van der Waals surface area contributed by atoms with Crippen molar-refractivity contribution in [2.24, 2.45) is 0 Å². The fourth-order valence-electron chi connectivity index (χ4n) is 1.50. The predicted octanol–water partition coefficient (Wildman–Crippen LogP) is 0.805. The molecule has 1 aromatic rings. The zero-order valence-electron chi connectivity index (χ0n) is 8.23. The van der Waals surface area contributed by atoms with Crippen LogP contribution in [0.25, 0.3) is 0 Å². The van der Waals surface area contributed by atoms with Gasteiger partial charge in [0.15, 0.2) is 5.69 Å². The number of hydrogen-bond donors (Lipinski definition) is 2. The van der Waals surface area contributed by atoms with E-state index >= 15 is 0 Å². The Balaban J connectivity index is 0.00000112. The third-order valence-electron chi connectivity index (χ3n) is 2.61. The number of halogens is 1. The Bertz CT molecular complexity index is 379. The Morgan fingerprint density at radius 1 is 1.53 bits per heavy atom. The van der Waals surface area contributed by atoms with Crippen molar-refractivity contribution in [3.63, 3.8) is 0 Å². The molecule has 15 heavy (non-hydrogen) atoms. The van der Waals surface area contributed by atoms with Gasteiger partial charge in [-0.25, -0.2) is 14.8 Å². The van der Waals surface area contributed by atoms with E-state index < -0.39 is 5.97 Å². The number of nitrogens with zero attached hydrogens (tertiary/aromatic N) is 2. The van der Waals surface area contributed by atoms with Gasteiger partial charge in [-0.1, -0.05) is 0 Å². The number of aromatic nitrogens is 2. The molecule has 6 heteroatoms. The number of nitrogens with one attached hydrogen (secondary N) is 1. The van der Waals surface area contributed by atoms with Crippen molar-refractivity contribution in [3.05, 3.63) is 23.8 Å². The Kier molecular flexibility index (Phi) is 3.26. The summed E-state index contributed by atoms with van der Waals surface area (Å²) in [5, 5.41) is 11.9. The summed E-state index contributed by atoms with van der Waals surface area (Å²) in [6, 6.07) is 1.53. The summed E-state index contributed by atoms with van der Waals surface area (Å²) in [5.41, 5.74) is 0.719. The van der Waals surface area contributed by atoms with Crippen LogP contribution in [0.1, 0.15) is 29.0 Å². The monoisotopic (exact) mass is 229 g/mol. The number of carboxylic acids is 1. The zero-order valence-corrected chi connectivity index (χ0v) is 9.04. The van der Waals surface area contributed by atoms with Gasteiger partial charge in [0.05, 0.1) is 11.2 Å². The van der Waals surface area contributed by atoms with Gasteiger partial charge in [-0.3, -0.25) is 0 Å². The first kappa shape index (κ1) is 11.9. The molecule has 1 saturated carbocycles. The molecule has 0 atom stereocenters.